The number of nitrogens with one attached hydrogen (secondary N) is 1. The normalized spacial score (nSPS) is 11.2. The highest BCUT2D eigenvalue weighted by molar-refractivity contribution is 7.90. The summed E-state index contributed by atoms with van der Waals surface area (Å²) >= 11 is 0. The molecule has 2 rings (SSSR count). The lowest BCUT2D eigenvalue weighted by Crippen LogP contribution is -2.02. The lowest BCUT2D eigenvalue weighted by atomic mass is 10.4. The molecule has 0 saturated heterocycles. The Morgan fingerprint density at radius 1 is 1.35 bits per heavy atom. The monoisotopic (exact) mass is 297 g/mol. The minimum absolute atomic E-state index is 0.0170. The standard InChI is InChI=1S/C11H11N3O5S/c1-20(17,18)10-4-2-8(6-13-10)12-7-9-3-5-11(19-9)14(15)16/h2-6,12H,7H2,1H3. The van der Waals surface area contributed by atoms with E-state index in [2.05, 4.69) is 10.3 Å². The zero-order valence-corrected chi connectivity index (χ0v) is 11.3. The van der Waals surface area contributed by atoms with Gasteiger partial charge in [-0.15, -0.1) is 0 Å². The molecule has 0 aliphatic rings. The number of sulfone groups is 1. The molecule has 0 aliphatic carbocycles. The van der Waals surface area contributed by atoms with Crippen LogP contribution in [0.15, 0.2) is 39.9 Å². The van der Waals surface area contributed by atoms with Crippen molar-refractivity contribution in [2.75, 3.05) is 11.6 Å². The number of nitro groups is 1. The van der Waals surface area contributed by atoms with E-state index >= 15 is 0 Å². The SMILES string of the molecule is CS(=O)(=O)c1ccc(NCc2ccc([N+](=O)[O-])o2)cn1. The van der Waals surface area contributed by atoms with Gasteiger partial charge in [-0.05, 0) is 18.2 Å². The maximum absolute atomic E-state index is 11.2. The van der Waals surface area contributed by atoms with Crippen molar-refractivity contribution in [1.82, 2.24) is 4.98 Å². The highest BCUT2D eigenvalue weighted by Crippen LogP contribution is 2.17. The molecule has 2 aromatic heterocycles. The number of hydrogen-bond donors (Lipinski definition) is 1. The maximum Gasteiger partial charge on any atom is 0.433 e. The van der Waals surface area contributed by atoms with E-state index in [4.69, 9.17) is 4.42 Å². The minimum atomic E-state index is -3.33. The fourth-order valence-corrected chi connectivity index (χ4v) is 2.01. The smallest absolute Gasteiger partial charge is 0.404 e. The molecule has 2 heterocycles. The molecular formula is C11H11N3O5S. The minimum Gasteiger partial charge on any atom is -0.404 e. The van der Waals surface area contributed by atoms with Crippen molar-refractivity contribution in [1.29, 1.82) is 0 Å². The third kappa shape index (κ3) is 3.32. The van der Waals surface area contributed by atoms with Crippen molar-refractivity contribution in [3.8, 4) is 0 Å². The van der Waals surface area contributed by atoms with Crippen LogP contribution in [0.4, 0.5) is 11.6 Å². The van der Waals surface area contributed by atoms with Crippen LogP contribution in [0.25, 0.3) is 0 Å². The molecular weight excluding hydrogens is 286 g/mol. The van der Waals surface area contributed by atoms with Crippen LogP contribution in [0.5, 0.6) is 0 Å². The fraction of sp³-hybridized carbons (Fsp3) is 0.182. The second-order valence-electron chi connectivity index (χ2n) is 4.01. The van der Waals surface area contributed by atoms with Crippen molar-refractivity contribution in [2.45, 2.75) is 11.6 Å². The molecule has 0 atom stereocenters. The molecule has 1 N–H and O–H groups in total. The Balaban J connectivity index is 2.02. The van der Waals surface area contributed by atoms with Gasteiger partial charge in [-0.25, -0.2) is 13.4 Å². The van der Waals surface area contributed by atoms with E-state index in [-0.39, 0.29) is 17.5 Å². The third-order valence-corrected chi connectivity index (χ3v) is 3.41. The summed E-state index contributed by atoms with van der Waals surface area (Å²) < 4.78 is 27.4. The molecule has 0 spiro atoms. The second-order valence-corrected chi connectivity index (χ2v) is 5.97. The van der Waals surface area contributed by atoms with Crippen molar-refractivity contribution >= 4 is 21.4 Å². The molecule has 0 saturated carbocycles. The van der Waals surface area contributed by atoms with Gasteiger partial charge in [0.05, 0.1) is 24.5 Å². The van der Waals surface area contributed by atoms with E-state index < -0.39 is 14.8 Å². The highest BCUT2D eigenvalue weighted by atomic mass is 32.2. The summed E-state index contributed by atoms with van der Waals surface area (Å²) in [6.45, 7) is 0.230. The molecule has 0 bridgehead atoms. The number of nitrogens with zero attached hydrogens (tertiary/aromatic N) is 2. The Kier molecular flexibility index (Phi) is 3.70. The molecule has 2 aromatic rings. The van der Waals surface area contributed by atoms with Crippen LogP contribution in [0, 0.1) is 10.1 Å². The van der Waals surface area contributed by atoms with Crippen molar-refractivity contribution < 1.29 is 17.8 Å². The molecule has 0 fully saturated rings. The summed E-state index contributed by atoms with van der Waals surface area (Å²) in [6.07, 6.45) is 2.44. The fourth-order valence-electron chi connectivity index (χ4n) is 1.45. The Bertz CT molecular complexity index is 721. The molecule has 20 heavy (non-hydrogen) atoms. The van der Waals surface area contributed by atoms with Crippen LogP contribution in [-0.4, -0.2) is 24.6 Å². The van der Waals surface area contributed by atoms with Crippen molar-refractivity contribution in [3.05, 3.63) is 46.3 Å². The summed E-state index contributed by atoms with van der Waals surface area (Å²) in [6, 6.07) is 5.69. The van der Waals surface area contributed by atoms with Gasteiger partial charge < -0.3 is 9.73 Å². The number of rotatable bonds is 5. The number of anilines is 1. The van der Waals surface area contributed by atoms with Crippen molar-refractivity contribution in [3.63, 3.8) is 0 Å². The zero-order valence-electron chi connectivity index (χ0n) is 10.4. The summed E-state index contributed by atoms with van der Waals surface area (Å²) in [7, 11) is -3.33. The van der Waals surface area contributed by atoms with E-state index in [1.165, 1.54) is 24.4 Å². The largest absolute Gasteiger partial charge is 0.433 e. The molecule has 0 amide bonds. The molecule has 0 aliphatic heterocycles. The Morgan fingerprint density at radius 3 is 2.60 bits per heavy atom. The highest BCUT2D eigenvalue weighted by Gasteiger charge is 2.12. The number of hydrogen-bond acceptors (Lipinski definition) is 7. The lowest BCUT2D eigenvalue weighted by molar-refractivity contribution is -0.402. The molecule has 9 heteroatoms. The first-order chi connectivity index (χ1) is 9.36. The van der Waals surface area contributed by atoms with Gasteiger partial charge in [-0.2, -0.15) is 0 Å². The average molecular weight is 297 g/mol. The zero-order chi connectivity index (χ0) is 14.8. The van der Waals surface area contributed by atoms with Crippen LogP contribution in [0.2, 0.25) is 0 Å². The summed E-state index contributed by atoms with van der Waals surface area (Å²) in [4.78, 5) is 13.6. The van der Waals surface area contributed by atoms with E-state index in [9.17, 15) is 18.5 Å². The molecule has 8 nitrogen and oxygen atoms in total. The van der Waals surface area contributed by atoms with Gasteiger partial charge in [-0.1, -0.05) is 0 Å². The molecule has 0 radical (unpaired) electrons. The summed E-state index contributed by atoms with van der Waals surface area (Å²) in [5, 5.41) is 13.3. The van der Waals surface area contributed by atoms with Crippen molar-refractivity contribution in [2.24, 2.45) is 0 Å². The Hall–Kier alpha value is -2.42. The van der Waals surface area contributed by atoms with Crippen LogP contribution >= 0.6 is 0 Å². The molecule has 0 aromatic carbocycles. The number of pyridine rings is 1. The summed E-state index contributed by atoms with van der Waals surface area (Å²) in [5.41, 5.74) is 0.580. The average Bonchev–Trinajstić information content (AvgIpc) is 2.85. The number of aromatic nitrogens is 1. The first-order valence-corrected chi connectivity index (χ1v) is 7.38. The van der Waals surface area contributed by atoms with Gasteiger partial charge in [0.25, 0.3) is 0 Å². The van der Waals surface area contributed by atoms with Gasteiger partial charge >= 0.3 is 5.88 Å². The molecule has 106 valence electrons. The Labute approximate surface area is 114 Å². The van der Waals surface area contributed by atoms with Crippen LogP contribution in [0.3, 0.4) is 0 Å². The maximum atomic E-state index is 11.2. The quantitative estimate of drug-likeness (QED) is 0.658. The van der Waals surface area contributed by atoms with Gasteiger partial charge in [-0.3, -0.25) is 10.1 Å². The first kappa shape index (κ1) is 14.0. The van der Waals surface area contributed by atoms with E-state index in [1.54, 1.807) is 6.07 Å². The third-order valence-electron chi connectivity index (χ3n) is 2.41. The van der Waals surface area contributed by atoms with E-state index in [0.717, 1.165) is 6.26 Å². The second kappa shape index (κ2) is 5.29. The lowest BCUT2D eigenvalue weighted by Gasteiger charge is -2.04. The molecule has 0 unspecified atom stereocenters. The predicted molar refractivity (Wildman–Crippen MR) is 70.0 cm³/mol. The van der Waals surface area contributed by atoms with Crippen LogP contribution in [0.1, 0.15) is 5.76 Å². The van der Waals surface area contributed by atoms with Gasteiger partial charge in [0, 0.05) is 6.26 Å². The number of furan rings is 1. The first-order valence-electron chi connectivity index (χ1n) is 5.49. The summed E-state index contributed by atoms with van der Waals surface area (Å²) in [5.74, 6) is 0.0660. The van der Waals surface area contributed by atoms with E-state index in [0.29, 0.717) is 11.4 Å². The van der Waals surface area contributed by atoms with Gasteiger partial charge in [0.15, 0.2) is 14.9 Å². The Morgan fingerprint density at radius 2 is 2.10 bits per heavy atom. The topological polar surface area (TPSA) is 115 Å². The van der Waals surface area contributed by atoms with Crippen LogP contribution in [-0.2, 0) is 16.4 Å². The van der Waals surface area contributed by atoms with Gasteiger partial charge in [0.1, 0.15) is 10.7 Å². The predicted octanol–water partition coefficient (Wildman–Crippen LogP) is 1.60. The van der Waals surface area contributed by atoms with Crippen LogP contribution < -0.4 is 5.32 Å². The van der Waals surface area contributed by atoms with E-state index in [1.807, 2.05) is 0 Å². The van der Waals surface area contributed by atoms with Gasteiger partial charge in [0.2, 0.25) is 0 Å².